The standard InChI is InChI=1S/C19H18Cl2F3NO4S/c1-3-16(18(26)29-4-2)25(30(27,28)14-8-6-13(20)7-9-14)17-11-12(19(22,23)24)5-10-15(17)21/h5-11,16H,3-4H2,1-2H3. The number of anilines is 1. The number of alkyl halides is 3. The fourth-order valence-electron chi connectivity index (χ4n) is 2.71. The predicted molar refractivity (Wildman–Crippen MR) is 108 cm³/mol. The Labute approximate surface area is 182 Å². The molecular formula is C19H18Cl2F3NO4S. The lowest BCUT2D eigenvalue weighted by Crippen LogP contribution is -2.46. The lowest BCUT2D eigenvalue weighted by Gasteiger charge is -2.31. The number of esters is 1. The first kappa shape index (κ1) is 24.3. The molecular weight excluding hydrogens is 466 g/mol. The molecule has 0 heterocycles. The van der Waals surface area contributed by atoms with E-state index in [-0.39, 0.29) is 28.0 Å². The van der Waals surface area contributed by atoms with Crippen LogP contribution in [-0.2, 0) is 25.7 Å². The number of sulfonamides is 1. The summed E-state index contributed by atoms with van der Waals surface area (Å²) in [6.45, 7) is 2.99. The molecule has 11 heteroatoms. The van der Waals surface area contributed by atoms with Gasteiger partial charge in [0, 0.05) is 5.02 Å². The van der Waals surface area contributed by atoms with E-state index in [1.165, 1.54) is 38.1 Å². The molecule has 2 rings (SSSR count). The van der Waals surface area contributed by atoms with Crippen molar-refractivity contribution in [3.63, 3.8) is 0 Å². The van der Waals surface area contributed by atoms with Gasteiger partial charge in [-0.2, -0.15) is 13.2 Å². The van der Waals surface area contributed by atoms with E-state index in [4.69, 9.17) is 27.9 Å². The molecule has 2 aromatic carbocycles. The van der Waals surface area contributed by atoms with Crippen LogP contribution < -0.4 is 4.31 Å². The number of hydrogen-bond donors (Lipinski definition) is 0. The van der Waals surface area contributed by atoms with Crippen LogP contribution in [0.1, 0.15) is 25.8 Å². The minimum Gasteiger partial charge on any atom is -0.464 e. The number of ether oxygens (including phenoxy) is 1. The molecule has 2 aromatic rings. The van der Waals surface area contributed by atoms with Gasteiger partial charge in [-0.05, 0) is 55.8 Å². The maximum Gasteiger partial charge on any atom is 0.416 e. The van der Waals surface area contributed by atoms with E-state index < -0.39 is 39.5 Å². The van der Waals surface area contributed by atoms with Crippen molar-refractivity contribution < 1.29 is 31.1 Å². The molecule has 164 valence electrons. The molecule has 0 bridgehead atoms. The van der Waals surface area contributed by atoms with Crippen LogP contribution in [-0.4, -0.2) is 27.0 Å². The number of carbonyl (C=O) groups is 1. The van der Waals surface area contributed by atoms with Crippen molar-refractivity contribution in [1.29, 1.82) is 0 Å². The minimum absolute atomic E-state index is 0.0412. The van der Waals surface area contributed by atoms with Gasteiger partial charge in [0.15, 0.2) is 0 Å². The Bertz CT molecular complexity index is 1010. The first-order chi connectivity index (χ1) is 13.9. The van der Waals surface area contributed by atoms with Crippen LogP contribution in [0, 0.1) is 0 Å². The van der Waals surface area contributed by atoms with Crippen molar-refractivity contribution >= 4 is 44.9 Å². The fourth-order valence-corrected chi connectivity index (χ4v) is 4.78. The zero-order valence-electron chi connectivity index (χ0n) is 15.9. The highest BCUT2D eigenvalue weighted by atomic mass is 35.5. The Hall–Kier alpha value is -1.97. The predicted octanol–water partition coefficient (Wildman–Crippen LogP) is 5.55. The molecule has 0 spiro atoms. The zero-order valence-corrected chi connectivity index (χ0v) is 18.2. The Morgan fingerprint density at radius 1 is 1.10 bits per heavy atom. The SMILES string of the molecule is CCOC(=O)C(CC)N(c1cc(C(F)(F)F)ccc1Cl)S(=O)(=O)c1ccc(Cl)cc1. The third-order valence-electron chi connectivity index (χ3n) is 4.11. The number of benzene rings is 2. The Balaban J connectivity index is 2.77. The van der Waals surface area contributed by atoms with E-state index in [0.29, 0.717) is 10.4 Å². The highest BCUT2D eigenvalue weighted by Gasteiger charge is 2.39. The molecule has 0 amide bonds. The van der Waals surface area contributed by atoms with E-state index in [1.54, 1.807) is 0 Å². The van der Waals surface area contributed by atoms with Gasteiger partial charge in [-0.25, -0.2) is 13.2 Å². The van der Waals surface area contributed by atoms with Crippen LogP contribution in [0.2, 0.25) is 10.0 Å². The van der Waals surface area contributed by atoms with Crippen molar-refractivity contribution in [3.05, 3.63) is 58.1 Å². The van der Waals surface area contributed by atoms with Crippen molar-refractivity contribution in [1.82, 2.24) is 0 Å². The second-order valence-electron chi connectivity index (χ2n) is 6.09. The molecule has 0 fully saturated rings. The molecule has 0 aromatic heterocycles. The van der Waals surface area contributed by atoms with Gasteiger partial charge in [0.05, 0.1) is 27.8 Å². The molecule has 30 heavy (non-hydrogen) atoms. The lowest BCUT2D eigenvalue weighted by atomic mass is 10.1. The van der Waals surface area contributed by atoms with Crippen LogP contribution in [0.4, 0.5) is 18.9 Å². The van der Waals surface area contributed by atoms with Gasteiger partial charge in [-0.15, -0.1) is 0 Å². The average molecular weight is 484 g/mol. The van der Waals surface area contributed by atoms with Gasteiger partial charge in [0.2, 0.25) is 0 Å². The topological polar surface area (TPSA) is 63.7 Å². The molecule has 0 N–H and O–H groups in total. The average Bonchev–Trinajstić information content (AvgIpc) is 2.66. The summed E-state index contributed by atoms with van der Waals surface area (Å²) in [6.07, 6.45) is -4.82. The summed E-state index contributed by atoms with van der Waals surface area (Å²) in [5.41, 5.74) is -1.60. The Kier molecular flexibility index (Phi) is 7.65. The molecule has 0 aliphatic carbocycles. The molecule has 0 aliphatic rings. The second-order valence-corrected chi connectivity index (χ2v) is 8.75. The van der Waals surface area contributed by atoms with Crippen LogP contribution in [0.15, 0.2) is 47.4 Å². The Morgan fingerprint density at radius 3 is 2.20 bits per heavy atom. The van der Waals surface area contributed by atoms with Gasteiger partial charge >= 0.3 is 12.1 Å². The molecule has 0 saturated heterocycles. The second kappa shape index (κ2) is 9.45. The molecule has 1 unspecified atom stereocenters. The summed E-state index contributed by atoms with van der Waals surface area (Å²) in [7, 11) is -4.51. The molecule has 0 aliphatic heterocycles. The number of carbonyl (C=O) groups excluding carboxylic acids is 1. The highest BCUT2D eigenvalue weighted by Crippen LogP contribution is 2.39. The van der Waals surface area contributed by atoms with Crippen LogP contribution >= 0.6 is 23.2 Å². The zero-order chi connectivity index (χ0) is 22.7. The van der Waals surface area contributed by atoms with Gasteiger partial charge < -0.3 is 4.74 Å². The first-order valence-corrected chi connectivity index (χ1v) is 11.0. The summed E-state index contributed by atoms with van der Waals surface area (Å²) >= 11 is 11.9. The third kappa shape index (κ3) is 5.19. The van der Waals surface area contributed by atoms with Gasteiger partial charge in [0.25, 0.3) is 10.0 Å². The van der Waals surface area contributed by atoms with Crippen LogP contribution in [0.25, 0.3) is 0 Å². The van der Waals surface area contributed by atoms with Crippen molar-refractivity contribution in [2.24, 2.45) is 0 Å². The lowest BCUT2D eigenvalue weighted by molar-refractivity contribution is -0.144. The van der Waals surface area contributed by atoms with Crippen molar-refractivity contribution in [2.75, 3.05) is 10.9 Å². The maximum absolute atomic E-state index is 13.4. The number of rotatable bonds is 7. The molecule has 1 atom stereocenters. The third-order valence-corrected chi connectivity index (χ3v) is 6.52. The van der Waals surface area contributed by atoms with E-state index >= 15 is 0 Å². The van der Waals surface area contributed by atoms with Crippen molar-refractivity contribution in [2.45, 2.75) is 37.4 Å². The fraction of sp³-hybridized carbons (Fsp3) is 0.316. The number of halogens is 5. The maximum atomic E-state index is 13.4. The molecule has 5 nitrogen and oxygen atoms in total. The van der Waals surface area contributed by atoms with Gasteiger partial charge in [-0.3, -0.25) is 4.31 Å². The largest absolute Gasteiger partial charge is 0.464 e. The monoisotopic (exact) mass is 483 g/mol. The molecule has 0 radical (unpaired) electrons. The van der Waals surface area contributed by atoms with E-state index in [0.717, 1.165) is 12.1 Å². The number of nitrogens with zero attached hydrogens (tertiary/aromatic N) is 1. The van der Waals surface area contributed by atoms with Crippen LogP contribution in [0.5, 0.6) is 0 Å². The summed E-state index contributed by atoms with van der Waals surface area (Å²) < 4.78 is 72.1. The molecule has 0 saturated carbocycles. The van der Waals surface area contributed by atoms with Crippen molar-refractivity contribution in [3.8, 4) is 0 Å². The first-order valence-electron chi connectivity index (χ1n) is 8.76. The normalized spacial score (nSPS) is 13.0. The van der Waals surface area contributed by atoms with Gasteiger partial charge in [-0.1, -0.05) is 30.1 Å². The van der Waals surface area contributed by atoms with E-state index in [1.807, 2.05) is 0 Å². The minimum atomic E-state index is -4.75. The summed E-state index contributed by atoms with van der Waals surface area (Å²) in [5, 5.41) is -0.0154. The van der Waals surface area contributed by atoms with E-state index in [2.05, 4.69) is 0 Å². The van der Waals surface area contributed by atoms with E-state index in [9.17, 15) is 26.4 Å². The summed E-state index contributed by atoms with van der Waals surface area (Å²) in [6, 6.07) is 5.81. The quantitative estimate of drug-likeness (QED) is 0.484. The Morgan fingerprint density at radius 2 is 1.70 bits per heavy atom. The highest BCUT2D eigenvalue weighted by molar-refractivity contribution is 7.93. The summed E-state index contributed by atoms with van der Waals surface area (Å²) in [4.78, 5) is 12.2. The smallest absolute Gasteiger partial charge is 0.416 e. The summed E-state index contributed by atoms with van der Waals surface area (Å²) in [5.74, 6) is -0.911. The van der Waals surface area contributed by atoms with Gasteiger partial charge in [0.1, 0.15) is 6.04 Å². The van der Waals surface area contributed by atoms with Crippen LogP contribution in [0.3, 0.4) is 0 Å². The number of hydrogen-bond acceptors (Lipinski definition) is 4.